The van der Waals surface area contributed by atoms with Crippen LogP contribution in [0.2, 0.25) is 0 Å². The lowest BCUT2D eigenvalue weighted by atomic mass is 9.94. The number of hydrogen-bond donors (Lipinski definition) is 0. The molecule has 0 saturated carbocycles. The summed E-state index contributed by atoms with van der Waals surface area (Å²) in [5.74, 6) is 0. The largest absolute Gasteiger partial charge is 0.264 e. The van der Waals surface area contributed by atoms with Crippen LogP contribution in [-0.4, -0.2) is 4.98 Å². The Labute approximate surface area is 95.5 Å². The Balaban J connectivity index is 2.10. The highest BCUT2D eigenvalue weighted by Crippen LogP contribution is 2.21. The van der Waals surface area contributed by atoms with Crippen LogP contribution in [0.3, 0.4) is 0 Å². The van der Waals surface area contributed by atoms with Gasteiger partial charge in [0.25, 0.3) is 0 Å². The van der Waals surface area contributed by atoms with Crippen LogP contribution in [0.4, 0.5) is 0 Å². The minimum absolute atomic E-state index is 1.07. The van der Waals surface area contributed by atoms with Crippen LogP contribution in [0.1, 0.15) is 22.3 Å². The van der Waals surface area contributed by atoms with Gasteiger partial charge in [-0.3, -0.25) is 4.98 Å². The first-order valence-electron chi connectivity index (χ1n) is 5.62. The maximum absolute atomic E-state index is 4.19. The van der Waals surface area contributed by atoms with Gasteiger partial charge in [-0.1, -0.05) is 36.4 Å². The Bertz CT molecular complexity index is 491. The Morgan fingerprint density at radius 3 is 2.50 bits per heavy atom. The number of aryl methyl sites for hydroxylation is 2. The lowest BCUT2D eigenvalue weighted by Crippen LogP contribution is -1.99. The number of aromatic nitrogens is 1. The fraction of sp³-hybridized carbons (Fsp3) is 0.133. The van der Waals surface area contributed by atoms with Crippen LogP contribution in [0.15, 0.2) is 42.7 Å². The van der Waals surface area contributed by atoms with Crippen LogP contribution in [-0.2, 0) is 12.8 Å². The highest BCUT2D eigenvalue weighted by atomic mass is 14.6. The fourth-order valence-corrected chi connectivity index (χ4v) is 2.18. The predicted molar refractivity (Wildman–Crippen MR) is 67.0 cm³/mol. The zero-order valence-corrected chi connectivity index (χ0v) is 9.06. The number of nitrogens with zero attached hydrogens (tertiary/aromatic N) is 1. The third kappa shape index (κ3) is 1.65. The smallest absolute Gasteiger partial charge is 0.0305 e. The fourth-order valence-electron chi connectivity index (χ4n) is 2.18. The summed E-state index contributed by atoms with van der Waals surface area (Å²) in [6.45, 7) is 0. The molecule has 0 atom stereocenters. The van der Waals surface area contributed by atoms with Crippen LogP contribution < -0.4 is 0 Å². The Hall–Kier alpha value is -1.89. The molecule has 16 heavy (non-hydrogen) atoms. The molecule has 0 aliphatic heterocycles. The van der Waals surface area contributed by atoms with E-state index in [9.17, 15) is 0 Å². The van der Waals surface area contributed by atoms with Crippen molar-refractivity contribution in [2.75, 3.05) is 0 Å². The second-order valence-electron chi connectivity index (χ2n) is 4.11. The highest BCUT2D eigenvalue weighted by Gasteiger charge is 2.06. The van der Waals surface area contributed by atoms with Crippen molar-refractivity contribution in [2.24, 2.45) is 0 Å². The van der Waals surface area contributed by atoms with Crippen molar-refractivity contribution in [3.8, 4) is 0 Å². The van der Waals surface area contributed by atoms with E-state index >= 15 is 0 Å². The topological polar surface area (TPSA) is 12.9 Å². The van der Waals surface area contributed by atoms with Gasteiger partial charge in [0, 0.05) is 12.4 Å². The van der Waals surface area contributed by atoms with Crippen molar-refractivity contribution >= 4 is 12.2 Å². The Morgan fingerprint density at radius 1 is 0.812 bits per heavy atom. The number of fused-ring (bicyclic) bond motifs is 2. The summed E-state index contributed by atoms with van der Waals surface area (Å²) < 4.78 is 0. The molecule has 1 aromatic carbocycles. The first-order chi connectivity index (χ1) is 7.93. The van der Waals surface area contributed by atoms with Crippen LogP contribution in [0.25, 0.3) is 12.2 Å². The van der Waals surface area contributed by atoms with Gasteiger partial charge in [-0.05, 0) is 41.2 Å². The maximum Gasteiger partial charge on any atom is 0.0305 e. The van der Waals surface area contributed by atoms with E-state index in [-0.39, 0.29) is 0 Å². The van der Waals surface area contributed by atoms with Gasteiger partial charge in [0.15, 0.2) is 0 Å². The van der Waals surface area contributed by atoms with Crippen molar-refractivity contribution in [1.29, 1.82) is 0 Å². The average Bonchev–Trinajstić information content (AvgIpc) is 2.32. The maximum atomic E-state index is 4.19. The van der Waals surface area contributed by atoms with E-state index in [1.807, 2.05) is 12.4 Å². The van der Waals surface area contributed by atoms with Crippen molar-refractivity contribution in [1.82, 2.24) is 4.98 Å². The van der Waals surface area contributed by atoms with Crippen LogP contribution >= 0.6 is 0 Å². The molecule has 1 heteroatoms. The Morgan fingerprint density at radius 2 is 1.56 bits per heavy atom. The molecule has 0 N–H and O–H groups in total. The third-order valence-corrected chi connectivity index (χ3v) is 3.10. The number of benzene rings is 1. The van der Waals surface area contributed by atoms with Crippen molar-refractivity contribution < 1.29 is 0 Å². The first-order valence-corrected chi connectivity index (χ1v) is 5.62. The van der Waals surface area contributed by atoms with E-state index in [0.29, 0.717) is 0 Å². The van der Waals surface area contributed by atoms with Gasteiger partial charge in [0.2, 0.25) is 0 Å². The van der Waals surface area contributed by atoms with E-state index in [1.165, 1.54) is 22.3 Å². The van der Waals surface area contributed by atoms with Crippen molar-refractivity contribution in [3.05, 3.63) is 65.0 Å². The molecule has 0 unspecified atom stereocenters. The van der Waals surface area contributed by atoms with Gasteiger partial charge in [0.1, 0.15) is 0 Å². The molecule has 0 saturated heterocycles. The summed E-state index contributed by atoms with van der Waals surface area (Å²) in [5, 5.41) is 0. The second kappa shape index (κ2) is 3.93. The molecule has 0 bridgehead atoms. The number of rotatable bonds is 0. The van der Waals surface area contributed by atoms with E-state index in [2.05, 4.69) is 47.5 Å². The van der Waals surface area contributed by atoms with Gasteiger partial charge in [-0.25, -0.2) is 0 Å². The van der Waals surface area contributed by atoms with E-state index in [1.54, 1.807) is 0 Å². The van der Waals surface area contributed by atoms with Gasteiger partial charge in [0.05, 0.1) is 0 Å². The molecular weight excluding hydrogens is 194 g/mol. The minimum atomic E-state index is 1.07. The Kier molecular flexibility index (Phi) is 2.30. The van der Waals surface area contributed by atoms with Gasteiger partial charge in [-0.2, -0.15) is 0 Å². The predicted octanol–water partition coefficient (Wildman–Crippen LogP) is 3.35. The van der Waals surface area contributed by atoms with Crippen LogP contribution in [0, 0.1) is 0 Å². The van der Waals surface area contributed by atoms with Gasteiger partial charge < -0.3 is 0 Å². The molecule has 1 aromatic heterocycles. The second-order valence-corrected chi connectivity index (χ2v) is 4.11. The number of hydrogen-bond acceptors (Lipinski definition) is 1. The summed E-state index contributed by atoms with van der Waals surface area (Å²) in [6.07, 6.45) is 10.4. The summed E-state index contributed by atoms with van der Waals surface area (Å²) in [4.78, 5) is 4.19. The van der Waals surface area contributed by atoms with E-state index < -0.39 is 0 Å². The molecule has 3 rings (SSSR count). The zero-order chi connectivity index (χ0) is 10.8. The summed E-state index contributed by atoms with van der Waals surface area (Å²) in [7, 11) is 0. The van der Waals surface area contributed by atoms with E-state index in [4.69, 9.17) is 0 Å². The standard InChI is InChI=1S/C15H13N/c1-2-4-13-7-8-15-11-16-10-9-14(15)6-5-12(13)3-1/h1-6,9-11H,7-8H2/b6-5-. The van der Waals surface area contributed by atoms with E-state index in [0.717, 1.165) is 12.8 Å². The molecule has 0 fully saturated rings. The van der Waals surface area contributed by atoms with Crippen molar-refractivity contribution in [3.63, 3.8) is 0 Å². The highest BCUT2D eigenvalue weighted by molar-refractivity contribution is 5.73. The zero-order valence-electron chi connectivity index (χ0n) is 9.06. The molecule has 78 valence electrons. The summed E-state index contributed by atoms with van der Waals surface area (Å²) in [5.41, 5.74) is 5.40. The van der Waals surface area contributed by atoms with Crippen molar-refractivity contribution in [2.45, 2.75) is 12.8 Å². The molecule has 0 spiro atoms. The quantitative estimate of drug-likeness (QED) is 0.645. The van der Waals surface area contributed by atoms with Gasteiger partial charge >= 0.3 is 0 Å². The lowest BCUT2D eigenvalue weighted by molar-refractivity contribution is 0.942. The third-order valence-electron chi connectivity index (χ3n) is 3.10. The summed E-state index contributed by atoms with van der Waals surface area (Å²) >= 11 is 0. The monoisotopic (exact) mass is 207 g/mol. The minimum Gasteiger partial charge on any atom is -0.264 e. The normalized spacial score (nSPS) is 15.5. The lowest BCUT2D eigenvalue weighted by Gasteiger charge is -2.11. The van der Waals surface area contributed by atoms with Gasteiger partial charge in [-0.15, -0.1) is 0 Å². The molecule has 1 nitrogen and oxygen atoms in total. The average molecular weight is 207 g/mol. The molecule has 1 aliphatic rings. The molecule has 1 heterocycles. The number of pyridine rings is 1. The van der Waals surface area contributed by atoms with Crippen LogP contribution in [0.5, 0.6) is 0 Å². The molecule has 1 aliphatic carbocycles. The SMILES string of the molecule is C1=C\c2ccncc2CCc2ccccc2/1. The molecule has 0 radical (unpaired) electrons. The molecule has 0 amide bonds. The molecular formula is C15H13N. The summed E-state index contributed by atoms with van der Waals surface area (Å²) in [6, 6.07) is 10.7. The first kappa shape index (κ1) is 9.34. The molecule has 2 aromatic rings.